The van der Waals surface area contributed by atoms with E-state index in [1.807, 2.05) is 17.0 Å². The highest BCUT2D eigenvalue weighted by Crippen LogP contribution is 2.27. The summed E-state index contributed by atoms with van der Waals surface area (Å²) in [5, 5.41) is 6.87. The molecule has 0 spiro atoms. The van der Waals surface area contributed by atoms with Crippen molar-refractivity contribution in [1.29, 1.82) is 0 Å². The summed E-state index contributed by atoms with van der Waals surface area (Å²) >= 11 is 0. The average molecular weight is 401 g/mol. The SMILES string of the molecule is CCCCOc1cccc(CNC(=NC)NC2CCN(C(=O)C3CCCC3)C2)c1. The molecule has 1 unspecified atom stereocenters. The number of benzene rings is 1. The molecule has 0 radical (unpaired) electrons. The first-order chi connectivity index (χ1) is 14.2. The summed E-state index contributed by atoms with van der Waals surface area (Å²) in [6.45, 7) is 5.23. The molecule has 1 amide bonds. The van der Waals surface area contributed by atoms with E-state index >= 15 is 0 Å². The Bertz CT molecular complexity index is 685. The van der Waals surface area contributed by atoms with Crippen LogP contribution in [0.15, 0.2) is 29.3 Å². The summed E-state index contributed by atoms with van der Waals surface area (Å²) in [4.78, 5) is 19.0. The predicted molar refractivity (Wildman–Crippen MR) is 117 cm³/mol. The standard InChI is InChI=1S/C23H36N4O2/c1-3-4-14-29-21-11-7-8-18(15-21)16-25-23(24-2)26-20-12-13-27(17-20)22(28)19-9-5-6-10-19/h7-8,11,15,19-20H,3-6,9-10,12-14,16-17H2,1-2H3,(H2,24,25,26). The molecule has 1 saturated carbocycles. The maximum absolute atomic E-state index is 12.6. The van der Waals surface area contributed by atoms with Crippen molar-refractivity contribution < 1.29 is 9.53 Å². The number of hydrogen-bond donors (Lipinski definition) is 2. The van der Waals surface area contributed by atoms with Gasteiger partial charge in [0.2, 0.25) is 5.91 Å². The number of hydrogen-bond acceptors (Lipinski definition) is 3. The van der Waals surface area contributed by atoms with Crippen LogP contribution in [0.3, 0.4) is 0 Å². The number of carbonyl (C=O) groups excluding carboxylic acids is 1. The molecule has 6 nitrogen and oxygen atoms in total. The minimum Gasteiger partial charge on any atom is -0.494 e. The second-order valence-electron chi connectivity index (χ2n) is 8.17. The van der Waals surface area contributed by atoms with Crippen molar-refractivity contribution in [2.45, 2.75) is 64.5 Å². The Labute approximate surface area is 175 Å². The second kappa shape index (κ2) is 11.1. The molecular weight excluding hydrogens is 364 g/mol. The third-order valence-corrected chi connectivity index (χ3v) is 5.89. The minimum atomic E-state index is 0.260. The van der Waals surface area contributed by atoms with Crippen molar-refractivity contribution in [3.8, 4) is 5.75 Å². The van der Waals surface area contributed by atoms with E-state index in [9.17, 15) is 4.79 Å². The highest BCUT2D eigenvalue weighted by atomic mass is 16.5. The van der Waals surface area contributed by atoms with Gasteiger partial charge >= 0.3 is 0 Å². The zero-order valence-electron chi connectivity index (χ0n) is 18.0. The van der Waals surface area contributed by atoms with Gasteiger partial charge in [-0.15, -0.1) is 0 Å². The van der Waals surface area contributed by atoms with E-state index in [4.69, 9.17) is 4.74 Å². The molecule has 160 valence electrons. The Balaban J connectivity index is 1.44. The summed E-state index contributed by atoms with van der Waals surface area (Å²) < 4.78 is 5.79. The van der Waals surface area contributed by atoms with Crippen molar-refractivity contribution in [2.75, 3.05) is 26.7 Å². The van der Waals surface area contributed by atoms with Gasteiger partial charge in [-0.3, -0.25) is 9.79 Å². The summed E-state index contributed by atoms with van der Waals surface area (Å²) in [7, 11) is 1.79. The van der Waals surface area contributed by atoms with E-state index in [0.29, 0.717) is 12.5 Å². The topological polar surface area (TPSA) is 66.0 Å². The van der Waals surface area contributed by atoms with Crippen LogP contribution in [0, 0.1) is 5.92 Å². The highest BCUT2D eigenvalue weighted by molar-refractivity contribution is 5.81. The third kappa shape index (κ3) is 6.38. The highest BCUT2D eigenvalue weighted by Gasteiger charge is 2.32. The van der Waals surface area contributed by atoms with Gasteiger partial charge in [-0.2, -0.15) is 0 Å². The Morgan fingerprint density at radius 1 is 1.28 bits per heavy atom. The summed E-state index contributed by atoms with van der Waals surface area (Å²) in [6.07, 6.45) is 7.71. The second-order valence-corrected chi connectivity index (χ2v) is 8.17. The molecule has 29 heavy (non-hydrogen) atoms. The lowest BCUT2D eigenvalue weighted by atomic mass is 10.1. The van der Waals surface area contributed by atoms with Crippen LogP contribution in [-0.2, 0) is 11.3 Å². The molecule has 3 rings (SSSR count). The molecule has 2 fully saturated rings. The number of ether oxygens (including phenoxy) is 1. The van der Waals surface area contributed by atoms with Crippen LogP contribution in [0.25, 0.3) is 0 Å². The number of unbranched alkanes of at least 4 members (excludes halogenated alkanes) is 1. The van der Waals surface area contributed by atoms with E-state index in [0.717, 1.165) is 69.1 Å². The fourth-order valence-corrected chi connectivity index (χ4v) is 4.16. The minimum absolute atomic E-state index is 0.260. The molecular formula is C23H36N4O2. The third-order valence-electron chi connectivity index (χ3n) is 5.89. The molecule has 1 heterocycles. The van der Waals surface area contributed by atoms with Crippen LogP contribution in [0.1, 0.15) is 57.4 Å². The quantitative estimate of drug-likeness (QED) is 0.399. The maximum Gasteiger partial charge on any atom is 0.225 e. The normalized spacial score (nSPS) is 20.1. The largest absolute Gasteiger partial charge is 0.494 e. The number of aliphatic imine (C=N–C) groups is 1. The first-order valence-corrected chi connectivity index (χ1v) is 11.2. The molecule has 6 heteroatoms. The van der Waals surface area contributed by atoms with Crippen molar-refractivity contribution >= 4 is 11.9 Å². The number of guanidine groups is 1. The lowest BCUT2D eigenvalue weighted by molar-refractivity contribution is -0.134. The molecule has 2 aliphatic rings. The first kappa shape index (κ1) is 21.5. The van der Waals surface area contributed by atoms with Gasteiger partial charge in [0.25, 0.3) is 0 Å². The first-order valence-electron chi connectivity index (χ1n) is 11.2. The van der Waals surface area contributed by atoms with Gasteiger partial charge in [0.15, 0.2) is 5.96 Å². The van der Waals surface area contributed by atoms with Gasteiger partial charge in [-0.05, 0) is 43.4 Å². The molecule has 1 aromatic carbocycles. The van der Waals surface area contributed by atoms with Crippen LogP contribution in [-0.4, -0.2) is 49.6 Å². The average Bonchev–Trinajstić information content (AvgIpc) is 3.43. The fourth-order valence-electron chi connectivity index (χ4n) is 4.16. The summed E-state index contributed by atoms with van der Waals surface area (Å²) in [5.41, 5.74) is 1.16. The van der Waals surface area contributed by atoms with Crippen molar-refractivity contribution in [1.82, 2.24) is 15.5 Å². The van der Waals surface area contributed by atoms with Gasteiger partial charge in [0.1, 0.15) is 5.75 Å². The number of nitrogens with one attached hydrogen (secondary N) is 2. The zero-order valence-corrected chi connectivity index (χ0v) is 18.0. The number of likely N-dealkylation sites (tertiary alicyclic amines) is 1. The van der Waals surface area contributed by atoms with Gasteiger partial charge in [0.05, 0.1) is 6.61 Å². The maximum atomic E-state index is 12.6. The molecule has 2 N–H and O–H groups in total. The van der Waals surface area contributed by atoms with E-state index < -0.39 is 0 Å². The summed E-state index contributed by atoms with van der Waals surface area (Å²) in [6, 6.07) is 8.45. The Morgan fingerprint density at radius 3 is 2.86 bits per heavy atom. The number of amides is 1. The van der Waals surface area contributed by atoms with Crippen molar-refractivity contribution in [3.63, 3.8) is 0 Å². The molecule has 1 atom stereocenters. The van der Waals surface area contributed by atoms with E-state index in [2.05, 4.69) is 34.7 Å². The zero-order chi connectivity index (χ0) is 20.5. The lowest BCUT2D eigenvalue weighted by Crippen LogP contribution is -2.45. The van der Waals surface area contributed by atoms with Crippen molar-refractivity contribution in [2.24, 2.45) is 10.9 Å². The fraction of sp³-hybridized carbons (Fsp3) is 0.652. The Kier molecular flexibility index (Phi) is 8.20. The number of carbonyl (C=O) groups is 1. The van der Waals surface area contributed by atoms with E-state index in [-0.39, 0.29) is 12.0 Å². The van der Waals surface area contributed by atoms with Crippen LogP contribution in [0.2, 0.25) is 0 Å². The van der Waals surface area contributed by atoms with Crippen LogP contribution < -0.4 is 15.4 Å². The molecule has 1 saturated heterocycles. The molecule has 1 aliphatic heterocycles. The van der Waals surface area contributed by atoms with Gasteiger partial charge in [-0.1, -0.05) is 38.3 Å². The van der Waals surface area contributed by atoms with Crippen molar-refractivity contribution in [3.05, 3.63) is 29.8 Å². The smallest absolute Gasteiger partial charge is 0.225 e. The molecule has 0 aromatic heterocycles. The predicted octanol–water partition coefficient (Wildman–Crippen LogP) is 3.32. The Morgan fingerprint density at radius 2 is 2.10 bits per heavy atom. The van der Waals surface area contributed by atoms with Crippen LogP contribution in [0.5, 0.6) is 5.75 Å². The van der Waals surface area contributed by atoms with Gasteiger partial charge in [0, 0.05) is 38.6 Å². The lowest BCUT2D eigenvalue weighted by Gasteiger charge is -2.21. The summed E-state index contributed by atoms with van der Waals surface area (Å²) in [5.74, 6) is 2.31. The molecule has 1 aliphatic carbocycles. The molecule has 0 bridgehead atoms. The van der Waals surface area contributed by atoms with E-state index in [1.165, 1.54) is 12.8 Å². The number of rotatable bonds is 8. The van der Waals surface area contributed by atoms with E-state index in [1.54, 1.807) is 7.05 Å². The van der Waals surface area contributed by atoms with Gasteiger partial charge < -0.3 is 20.3 Å². The van der Waals surface area contributed by atoms with Gasteiger partial charge in [-0.25, -0.2) is 0 Å². The monoisotopic (exact) mass is 400 g/mol. The number of nitrogens with zero attached hydrogens (tertiary/aromatic N) is 2. The van der Waals surface area contributed by atoms with Crippen LogP contribution >= 0.6 is 0 Å². The molecule has 1 aromatic rings. The Hall–Kier alpha value is -2.24. The van der Waals surface area contributed by atoms with Crippen LogP contribution in [0.4, 0.5) is 0 Å².